The third-order valence-electron chi connectivity index (χ3n) is 3.52. The Hall–Kier alpha value is -2.86. The third kappa shape index (κ3) is 4.58. The molecule has 0 aliphatic rings. The molecule has 5 nitrogen and oxygen atoms in total. The highest BCUT2D eigenvalue weighted by atomic mass is 32.1. The molecule has 0 saturated heterocycles. The van der Waals surface area contributed by atoms with Crippen LogP contribution in [0.5, 0.6) is 0 Å². The molecule has 0 saturated carbocycles. The SMILES string of the molecule is C[C@H](NC(=O)COC(=O)/C=C/c1cccs1)c1cc2ccccc2o1. The molecule has 3 rings (SSSR count). The van der Waals surface area contributed by atoms with Crippen molar-refractivity contribution in [3.63, 3.8) is 0 Å². The largest absolute Gasteiger partial charge is 0.459 e. The second kappa shape index (κ2) is 7.81. The van der Waals surface area contributed by atoms with Crippen LogP contribution < -0.4 is 5.32 Å². The van der Waals surface area contributed by atoms with Crippen molar-refractivity contribution in [2.24, 2.45) is 0 Å². The van der Waals surface area contributed by atoms with Gasteiger partial charge in [0.15, 0.2) is 6.61 Å². The van der Waals surface area contributed by atoms with Crippen LogP contribution in [0.1, 0.15) is 23.6 Å². The number of rotatable bonds is 6. The first-order chi connectivity index (χ1) is 12.1. The van der Waals surface area contributed by atoms with E-state index in [2.05, 4.69) is 5.32 Å². The second-order valence-corrected chi connectivity index (χ2v) is 6.41. The fourth-order valence-corrected chi connectivity index (χ4v) is 2.91. The Balaban J connectivity index is 1.49. The van der Waals surface area contributed by atoms with Crippen molar-refractivity contribution >= 4 is 40.3 Å². The Morgan fingerprint density at radius 1 is 1.28 bits per heavy atom. The zero-order chi connectivity index (χ0) is 17.6. The highest BCUT2D eigenvalue weighted by Crippen LogP contribution is 2.23. The first kappa shape index (κ1) is 17.0. The monoisotopic (exact) mass is 355 g/mol. The minimum atomic E-state index is -0.556. The first-order valence-electron chi connectivity index (χ1n) is 7.78. The van der Waals surface area contributed by atoms with Crippen LogP contribution in [0, 0.1) is 0 Å². The topological polar surface area (TPSA) is 68.5 Å². The molecule has 2 heterocycles. The van der Waals surface area contributed by atoms with Crippen molar-refractivity contribution in [3.05, 3.63) is 64.6 Å². The maximum absolute atomic E-state index is 11.9. The number of carbonyl (C=O) groups is 2. The molecule has 1 atom stereocenters. The summed E-state index contributed by atoms with van der Waals surface area (Å²) in [6.45, 7) is 1.48. The number of esters is 1. The maximum atomic E-state index is 11.9. The average Bonchev–Trinajstić information content (AvgIpc) is 3.27. The zero-order valence-corrected chi connectivity index (χ0v) is 14.4. The Kier molecular flexibility index (Phi) is 5.30. The Labute approximate surface area is 148 Å². The first-order valence-corrected chi connectivity index (χ1v) is 8.66. The van der Waals surface area contributed by atoms with Crippen molar-refractivity contribution in [1.29, 1.82) is 0 Å². The van der Waals surface area contributed by atoms with Crippen LogP contribution in [0.2, 0.25) is 0 Å². The van der Waals surface area contributed by atoms with E-state index < -0.39 is 5.97 Å². The summed E-state index contributed by atoms with van der Waals surface area (Å²) in [5.41, 5.74) is 0.767. The molecule has 1 amide bonds. The summed E-state index contributed by atoms with van der Waals surface area (Å²) < 4.78 is 10.6. The summed E-state index contributed by atoms with van der Waals surface area (Å²) in [6, 6.07) is 13.0. The van der Waals surface area contributed by atoms with Gasteiger partial charge in [-0.25, -0.2) is 4.79 Å². The number of thiophene rings is 1. The number of amides is 1. The lowest BCUT2D eigenvalue weighted by molar-refractivity contribution is -0.144. The fraction of sp³-hybridized carbons (Fsp3) is 0.158. The van der Waals surface area contributed by atoms with Gasteiger partial charge in [0.05, 0.1) is 6.04 Å². The predicted molar refractivity (Wildman–Crippen MR) is 97.1 cm³/mol. The Morgan fingerprint density at radius 3 is 2.88 bits per heavy atom. The molecule has 0 aliphatic heterocycles. The average molecular weight is 355 g/mol. The van der Waals surface area contributed by atoms with E-state index in [4.69, 9.17) is 9.15 Å². The van der Waals surface area contributed by atoms with Crippen LogP contribution in [0.4, 0.5) is 0 Å². The number of hydrogen-bond acceptors (Lipinski definition) is 5. The van der Waals surface area contributed by atoms with Crippen molar-refractivity contribution in [3.8, 4) is 0 Å². The highest BCUT2D eigenvalue weighted by molar-refractivity contribution is 7.10. The number of ether oxygens (including phenoxy) is 1. The molecular weight excluding hydrogens is 338 g/mol. The molecule has 1 aromatic carbocycles. The molecule has 0 fully saturated rings. The second-order valence-electron chi connectivity index (χ2n) is 5.43. The molecule has 0 spiro atoms. The quantitative estimate of drug-likeness (QED) is 0.537. The molecule has 0 unspecified atom stereocenters. The van der Waals surface area contributed by atoms with E-state index in [0.29, 0.717) is 5.76 Å². The molecule has 0 radical (unpaired) electrons. The number of para-hydroxylation sites is 1. The van der Waals surface area contributed by atoms with E-state index in [-0.39, 0.29) is 18.6 Å². The number of carbonyl (C=O) groups excluding carboxylic acids is 2. The van der Waals surface area contributed by atoms with Crippen LogP contribution >= 0.6 is 11.3 Å². The minimum Gasteiger partial charge on any atom is -0.459 e. The fourth-order valence-electron chi connectivity index (χ4n) is 2.29. The van der Waals surface area contributed by atoms with Gasteiger partial charge in [-0.05, 0) is 36.6 Å². The van der Waals surface area contributed by atoms with Gasteiger partial charge in [0.25, 0.3) is 5.91 Å². The summed E-state index contributed by atoms with van der Waals surface area (Å²) in [5.74, 6) is -0.288. The smallest absolute Gasteiger partial charge is 0.331 e. The summed E-state index contributed by atoms with van der Waals surface area (Å²) in [7, 11) is 0. The van der Waals surface area contributed by atoms with Gasteiger partial charge in [-0.2, -0.15) is 0 Å². The number of benzene rings is 1. The van der Waals surface area contributed by atoms with Crippen LogP contribution in [0.3, 0.4) is 0 Å². The molecule has 1 N–H and O–H groups in total. The van der Waals surface area contributed by atoms with E-state index in [1.54, 1.807) is 6.08 Å². The zero-order valence-electron chi connectivity index (χ0n) is 13.6. The van der Waals surface area contributed by atoms with Gasteiger partial charge in [-0.1, -0.05) is 24.3 Å². The van der Waals surface area contributed by atoms with E-state index in [1.165, 1.54) is 17.4 Å². The van der Waals surface area contributed by atoms with Crippen LogP contribution in [0.25, 0.3) is 17.0 Å². The van der Waals surface area contributed by atoms with Crippen LogP contribution in [-0.4, -0.2) is 18.5 Å². The van der Waals surface area contributed by atoms with Gasteiger partial charge >= 0.3 is 5.97 Å². The minimum absolute atomic E-state index is 0.319. The van der Waals surface area contributed by atoms with Gasteiger partial charge in [-0.3, -0.25) is 4.79 Å². The molecule has 2 aromatic heterocycles. The summed E-state index contributed by atoms with van der Waals surface area (Å²) in [5, 5.41) is 5.64. The summed E-state index contributed by atoms with van der Waals surface area (Å²) >= 11 is 1.51. The summed E-state index contributed by atoms with van der Waals surface area (Å²) in [4.78, 5) is 24.5. The third-order valence-corrected chi connectivity index (χ3v) is 4.36. The highest BCUT2D eigenvalue weighted by Gasteiger charge is 2.15. The molecule has 0 aliphatic carbocycles. The van der Waals surface area contributed by atoms with Gasteiger partial charge in [0.2, 0.25) is 0 Å². The van der Waals surface area contributed by atoms with Crippen LogP contribution in [0.15, 0.2) is 58.3 Å². The van der Waals surface area contributed by atoms with Gasteiger partial charge in [0, 0.05) is 16.3 Å². The molecular formula is C19H17NO4S. The van der Waals surface area contributed by atoms with Crippen molar-refractivity contribution in [2.75, 3.05) is 6.61 Å². The van der Waals surface area contributed by atoms with Gasteiger partial charge < -0.3 is 14.5 Å². The van der Waals surface area contributed by atoms with Gasteiger partial charge in [-0.15, -0.1) is 11.3 Å². The lowest BCUT2D eigenvalue weighted by Gasteiger charge is -2.11. The molecule has 25 heavy (non-hydrogen) atoms. The number of fused-ring (bicyclic) bond motifs is 1. The van der Waals surface area contributed by atoms with Gasteiger partial charge in [0.1, 0.15) is 11.3 Å². The van der Waals surface area contributed by atoms with Crippen LogP contribution in [-0.2, 0) is 14.3 Å². The van der Waals surface area contributed by atoms with E-state index in [0.717, 1.165) is 15.8 Å². The summed E-state index contributed by atoms with van der Waals surface area (Å²) in [6.07, 6.45) is 2.96. The predicted octanol–water partition coefficient (Wildman–Crippen LogP) is 3.93. The molecule has 3 aromatic rings. The van der Waals surface area contributed by atoms with E-state index >= 15 is 0 Å². The lowest BCUT2D eigenvalue weighted by Crippen LogP contribution is -2.30. The van der Waals surface area contributed by atoms with E-state index in [9.17, 15) is 9.59 Å². The lowest BCUT2D eigenvalue weighted by atomic mass is 10.2. The molecule has 128 valence electrons. The molecule has 0 bridgehead atoms. The standard InChI is InChI=1S/C19H17NO4S/c1-13(17-11-14-5-2-3-7-16(14)24-17)20-18(21)12-23-19(22)9-8-15-6-4-10-25-15/h2-11,13H,12H2,1H3,(H,20,21)/b9-8+/t13-/m0/s1. The number of furan rings is 1. The number of hydrogen-bond donors (Lipinski definition) is 1. The normalized spacial score (nSPS) is 12.4. The Morgan fingerprint density at radius 2 is 2.12 bits per heavy atom. The van der Waals surface area contributed by atoms with E-state index in [1.807, 2.05) is 54.8 Å². The Bertz CT molecular complexity index is 862. The maximum Gasteiger partial charge on any atom is 0.331 e. The molecule has 6 heteroatoms. The van der Waals surface area contributed by atoms with Crippen molar-refractivity contribution in [2.45, 2.75) is 13.0 Å². The van der Waals surface area contributed by atoms with Crippen molar-refractivity contribution < 1.29 is 18.7 Å². The number of nitrogens with one attached hydrogen (secondary N) is 1. The van der Waals surface area contributed by atoms with Crippen molar-refractivity contribution in [1.82, 2.24) is 5.32 Å².